The first-order valence-electron chi connectivity index (χ1n) is 7.18. The van der Waals surface area contributed by atoms with Gasteiger partial charge in [0, 0.05) is 12.2 Å². The fourth-order valence-electron chi connectivity index (χ4n) is 2.44. The van der Waals surface area contributed by atoms with Gasteiger partial charge in [0.25, 0.3) is 0 Å². The molecule has 0 atom stereocenters. The number of benzene rings is 1. The van der Waals surface area contributed by atoms with E-state index in [0.29, 0.717) is 24.3 Å². The number of anilines is 3. The smallest absolute Gasteiger partial charge is 0.307 e. The second kappa shape index (κ2) is 6.21. The number of amides is 2. The maximum absolute atomic E-state index is 12.0. The highest BCUT2D eigenvalue weighted by Crippen LogP contribution is 2.28. The summed E-state index contributed by atoms with van der Waals surface area (Å²) in [6, 6.07) is 8.59. The number of nitrogens with zero attached hydrogens (tertiary/aromatic N) is 1. The lowest BCUT2D eigenvalue weighted by molar-refractivity contribution is 0.262. The van der Waals surface area contributed by atoms with Crippen molar-refractivity contribution >= 4 is 43.8 Å². The number of aryl methyl sites for hydroxylation is 1. The Hall–Kier alpha value is -2.06. The molecule has 0 bridgehead atoms. The van der Waals surface area contributed by atoms with E-state index in [0.717, 1.165) is 10.6 Å². The van der Waals surface area contributed by atoms with Gasteiger partial charge in [0.1, 0.15) is 0 Å². The third kappa shape index (κ3) is 3.48. The minimum Gasteiger partial charge on any atom is -0.307 e. The van der Waals surface area contributed by atoms with Gasteiger partial charge in [-0.05, 0) is 48.6 Å². The number of nitrogens with one attached hydrogen (secondary N) is 2. The van der Waals surface area contributed by atoms with Crippen LogP contribution in [-0.4, -0.2) is 26.7 Å². The van der Waals surface area contributed by atoms with E-state index >= 15 is 0 Å². The Balaban J connectivity index is 1.79. The molecule has 23 heavy (non-hydrogen) atoms. The summed E-state index contributed by atoms with van der Waals surface area (Å²) in [5.74, 6) is 0.169. The average Bonchev–Trinajstić information content (AvgIpc) is 3.10. The largest absolute Gasteiger partial charge is 0.324 e. The molecule has 0 radical (unpaired) electrons. The molecule has 3 rings (SSSR count). The van der Waals surface area contributed by atoms with Crippen molar-refractivity contribution in [2.45, 2.75) is 13.3 Å². The van der Waals surface area contributed by atoms with Gasteiger partial charge in [0.05, 0.1) is 16.4 Å². The Morgan fingerprint density at radius 2 is 2.09 bits per heavy atom. The van der Waals surface area contributed by atoms with Crippen molar-refractivity contribution in [3.8, 4) is 0 Å². The lowest BCUT2D eigenvalue weighted by Crippen LogP contribution is -2.25. The lowest BCUT2D eigenvalue weighted by Gasteiger charge is -2.19. The summed E-state index contributed by atoms with van der Waals surface area (Å²) >= 11 is 1.43. The van der Waals surface area contributed by atoms with Gasteiger partial charge in [-0.2, -0.15) is 0 Å². The van der Waals surface area contributed by atoms with Crippen LogP contribution in [0.15, 0.2) is 35.7 Å². The normalized spacial score (nSPS) is 16.3. The predicted molar refractivity (Wildman–Crippen MR) is 93.9 cm³/mol. The van der Waals surface area contributed by atoms with E-state index in [-0.39, 0.29) is 11.8 Å². The molecular formula is C15H17N3O3S2. The fraction of sp³-hybridized carbons (Fsp3) is 0.267. The molecule has 6 nitrogen and oxygen atoms in total. The summed E-state index contributed by atoms with van der Waals surface area (Å²) in [5, 5.41) is 8.14. The number of rotatable bonds is 3. The summed E-state index contributed by atoms with van der Waals surface area (Å²) in [6.07, 6.45) is 0.623. The highest BCUT2D eigenvalue weighted by Gasteiger charge is 2.28. The first-order valence-corrected chi connectivity index (χ1v) is 9.67. The van der Waals surface area contributed by atoms with Crippen molar-refractivity contribution < 1.29 is 13.2 Å². The van der Waals surface area contributed by atoms with Crippen molar-refractivity contribution in [1.29, 1.82) is 0 Å². The quantitative estimate of drug-likeness (QED) is 0.891. The molecule has 2 heterocycles. The third-order valence-electron chi connectivity index (χ3n) is 3.61. The molecule has 1 aromatic heterocycles. The molecule has 1 aromatic carbocycles. The first-order chi connectivity index (χ1) is 11.0. The molecular weight excluding hydrogens is 334 g/mol. The number of thiophene rings is 1. The van der Waals surface area contributed by atoms with Crippen LogP contribution in [0.2, 0.25) is 0 Å². The third-order valence-corrected chi connectivity index (χ3v) is 6.27. The van der Waals surface area contributed by atoms with Gasteiger partial charge < -0.3 is 5.32 Å². The molecule has 2 aromatic rings. The summed E-state index contributed by atoms with van der Waals surface area (Å²) in [5.41, 5.74) is 2.05. The minimum absolute atomic E-state index is 0.169. The molecule has 1 aliphatic heterocycles. The van der Waals surface area contributed by atoms with Crippen LogP contribution in [0.5, 0.6) is 0 Å². The number of carbonyl (C=O) groups excluding carboxylic acids is 1. The van der Waals surface area contributed by atoms with Gasteiger partial charge in [-0.15, -0.1) is 11.3 Å². The summed E-state index contributed by atoms with van der Waals surface area (Å²) in [6.45, 7) is 2.34. The van der Waals surface area contributed by atoms with Crippen molar-refractivity contribution in [2.24, 2.45) is 0 Å². The molecule has 2 amide bonds. The predicted octanol–water partition coefficient (Wildman–Crippen LogP) is 3.24. The number of hydrogen-bond donors (Lipinski definition) is 2. The zero-order chi connectivity index (χ0) is 16.4. The van der Waals surface area contributed by atoms with E-state index in [2.05, 4.69) is 10.6 Å². The molecule has 0 aliphatic carbocycles. The van der Waals surface area contributed by atoms with Crippen LogP contribution < -0.4 is 14.9 Å². The van der Waals surface area contributed by atoms with Crippen molar-refractivity contribution in [3.05, 3.63) is 41.3 Å². The molecule has 0 saturated carbocycles. The minimum atomic E-state index is -3.23. The Morgan fingerprint density at radius 1 is 1.26 bits per heavy atom. The van der Waals surface area contributed by atoms with E-state index in [1.54, 1.807) is 12.1 Å². The molecule has 1 saturated heterocycles. The Labute approximate surface area is 139 Å². The number of urea groups is 1. The molecule has 0 unspecified atom stereocenters. The Kier molecular flexibility index (Phi) is 4.27. The van der Waals surface area contributed by atoms with Crippen LogP contribution >= 0.6 is 11.3 Å². The zero-order valence-corrected chi connectivity index (χ0v) is 14.2. The number of sulfonamides is 1. The number of hydrogen-bond acceptors (Lipinski definition) is 4. The Bertz CT molecular complexity index is 816. The zero-order valence-electron chi connectivity index (χ0n) is 12.6. The average molecular weight is 351 g/mol. The maximum atomic E-state index is 12.0. The van der Waals surface area contributed by atoms with E-state index in [9.17, 15) is 13.2 Å². The van der Waals surface area contributed by atoms with Gasteiger partial charge >= 0.3 is 6.03 Å². The molecule has 122 valence electrons. The van der Waals surface area contributed by atoms with E-state index in [1.807, 2.05) is 30.5 Å². The van der Waals surface area contributed by atoms with Crippen molar-refractivity contribution in [1.82, 2.24) is 0 Å². The van der Waals surface area contributed by atoms with Gasteiger partial charge in [-0.1, -0.05) is 6.07 Å². The second-order valence-electron chi connectivity index (χ2n) is 5.30. The van der Waals surface area contributed by atoms with Gasteiger partial charge in [0.15, 0.2) is 0 Å². The monoisotopic (exact) mass is 351 g/mol. The van der Waals surface area contributed by atoms with Gasteiger partial charge in [-0.25, -0.2) is 13.2 Å². The highest BCUT2D eigenvalue weighted by molar-refractivity contribution is 7.93. The first kappa shape index (κ1) is 15.8. The molecule has 0 spiro atoms. The Morgan fingerprint density at radius 3 is 2.74 bits per heavy atom. The van der Waals surface area contributed by atoms with Gasteiger partial charge in [-0.3, -0.25) is 9.62 Å². The summed E-state index contributed by atoms with van der Waals surface area (Å²) in [4.78, 5) is 12.0. The summed E-state index contributed by atoms with van der Waals surface area (Å²) in [7, 11) is -3.23. The molecule has 1 aliphatic rings. The van der Waals surface area contributed by atoms with E-state index < -0.39 is 10.0 Å². The van der Waals surface area contributed by atoms with Crippen LogP contribution in [0, 0.1) is 6.92 Å². The van der Waals surface area contributed by atoms with E-state index in [1.165, 1.54) is 15.6 Å². The van der Waals surface area contributed by atoms with Crippen molar-refractivity contribution in [2.75, 3.05) is 27.2 Å². The topological polar surface area (TPSA) is 78.5 Å². The van der Waals surface area contributed by atoms with Crippen LogP contribution in [-0.2, 0) is 10.0 Å². The molecule has 2 N–H and O–H groups in total. The maximum Gasteiger partial charge on any atom is 0.324 e. The SMILES string of the molecule is Cc1ccc(N2CCCS2(=O)=O)cc1NC(=O)Nc1cccs1. The second-order valence-corrected chi connectivity index (χ2v) is 8.26. The molecule has 8 heteroatoms. The van der Waals surface area contributed by atoms with Gasteiger partial charge in [0.2, 0.25) is 10.0 Å². The standard InChI is InChI=1S/C15H17N3O3S2/c1-11-5-6-12(18-7-3-9-23(18,20)21)10-13(11)16-15(19)17-14-4-2-8-22-14/h2,4-6,8,10H,3,7,9H2,1H3,(H2,16,17,19). The van der Waals surface area contributed by atoms with Crippen LogP contribution in [0.4, 0.5) is 21.2 Å². The van der Waals surface area contributed by atoms with Crippen LogP contribution in [0.1, 0.15) is 12.0 Å². The summed E-state index contributed by atoms with van der Waals surface area (Å²) < 4.78 is 25.4. The number of carbonyl (C=O) groups is 1. The van der Waals surface area contributed by atoms with Crippen molar-refractivity contribution in [3.63, 3.8) is 0 Å². The van der Waals surface area contributed by atoms with Crippen LogP contribution in [0.25, 0.3) is 0 Å². The molecule has 1 fully saturated rings. The van der Waals surface area contributed by atoms with E-state index in [4.69, 9.17) is 0 Å². The lowest BCUT2D eigenvalue weighted by atomic mass is 10.2. The highest BCUT2D eigenvalue weighted by atomic mass is 32.2. The van der Waals surface area contributed by atoms with Crippen LogP contribution in [0.3, 0.4) is 0 Å². The fourth-order valence-corrected chi connectivity index (χ4v) is 4.61.